The number of carbonyl (C=O) groups is 5. The minimum absolute atomic E-state index is 0.0122. The molecule has 5 aromatic carbocycles. The highest BCUT2D eigenvalue weighted by Gasteiger charge is 2.55. The molecule has 6 aromatic rings. The maximum absolute atomic E-state index is 16.0. The van der Waals surface area contributed by atoms with E-state index in [1.165, 1.54) is 46.1 Å². The second-order valence-electron chi connectivity index (χ2n) is 19.9. The number of likely N-dealkylation sites (N-methyl/N-ethyl adjacent to an activating group) is 1. The smallest absolute Gasteiger partial charge is 0.414 e. The Kier molecular flexibility index (Phi) is 17.2. The molecule has 23 heteroatoms. The number of cyclic esters (lactones) is 1. The monoisotopic (exact) mass is 1180 g/mol. The van der Waals surface area contributed by atoms with Crippen molar-refractivity contribution in [2.45, 2.75) is 34.5 Å². The van der Waals surface area contributed by atoms with Crippen LogP contribution in [0.4, 0.5) is 25.7 Å². The van der Waals surface area contributed by atoms with E-state index in [2.05, 4.69) is 64.6 Å². The molecule has 0 bridgehead atoms. The summed E-state index contributed by atoms with van der Waals surface area (Å²) in [5, 5.41) is 14.8. The van der Waals surface area contributed by atoms with E-state index in [9.17, 15) is 24.0 Å². The number of ether oxygens (including phenoxy) is 3. The van der Waals surface area contributed by atoms with Gasteiger partial charge in [0.05, 0.1) is 64.8 Å². The second kappa shape index (κ2) is 24.6. The van der Waals surface area contributed by atoms with Gasteiger partial charge in [0.15, 0.2) is 15.7 Å². The Bertz CT molecular complexity index is 3260. The van der Waals surface area contributed by atoms with Gasteiger partial charge in [0, 0.05) is 16.7 Å². The zero-order valence-electron chi connectivity index (χ0n) is 44.3. The largest absolute Gasteiger partial charge is 0.497 e. The third kappa shape index (κ3) is 12.0. The lowest BCUT2D eigenvalue weighted by Gasteiger charge is -2.50. The molecule has 1 unspecified atom stereocenters. The van der Waals surface area contributed by atoms with Gasteiger partial charge in [-0.05, 0) is 52.6 Å². The Balaban J connectivity index is 0.844. The SMILES string of the molecule is CO/N=C(\C(=O)N[C@@H]1C(=O)N2C(C(=O)OCc3ccc(OC)cc3)=C(C[N+]3(C)CCN(c4ccc(N5C[C@H](CNC(=O)C(Cl)Cl)OC5=O)cc4F)CC3)CSC12)c1csc(NC(c2ccccc2)(c2ccccc2)c2ccccc2)n1. The predicted octanol–water partition coefficient (Wildman–Crippen LogP) is 7.65. The highest BCUT2D eigenvalue weighted by molar-refractivity contribution is 8.00. The zero-order valence-corrected chi connectivity index (χ0v) is 47.4. The normalized spacial score (nSPS) is 18.9. The Morgan fingerprint density at radius 1 is 0.901 bits per heavy atom. The van der Waals surface area contributed by atoms with Crippen LogP contribution in [0.15, 0.2) is 155 Å². The Labute approximate surface area is 485 Å². The van der Waals surface area contributed by atoms with Crippen LogP contribution in [-0.4, -0.2) is 145 Å². The van der Waals surface area contributed by atoms with Gasteiger partial charge in [-0.1, -0.05) is 131 Å². The van der Waals surface area contributed by atoms with Crippen molar-refractivity contribution in [3.63, 3.8) is 0 Å². The number of halogens is 3. The van der Waals surface area contributed by atoms with Crippen molar-refractivity contribution in [2.75, 3.05) is 88.0 Å². The number of anilines is 3. The van der Waals surface area contributed by atoms with Gasteiger partial charge in [-0.2, -0.15) is 0 Å². The van der Waals surface area contributed by atoms with Crippen LogP contribution in [0.1, 0.15) is 27.9 Å². The van der Waals surface area contributed by atoms with Crippen molar-refractivity contribution in [1.29, 1.82) is 0 Å². The number of aromatic nitrogens is 1. The molecule has 0 saturated carbocycles. The van der Waals surface area contributed by atoms with Gasteiger partial charge < -0.3 is 44.4 Å². The van der Waals surface area contributed by atoms with Crippen molar-refractivity contribution in [3.05, 3.63) is 184 Å². The molecule has 5 heterocycles. The molecule has 1 aromatic heterocycles. The average molecular weight is 1180 g/mol. The first-order valence-electron chi connectivity index (χ1n) is 25.9. The summed E-state index contributed by atoms with van der Waals surface area (Å²) in [6, 6.07) is 40.7. The number of amides is 4. The van der Waals surface area contributed by atoms with Gasteiger partial charge in [0.2, 0.25) is 0 Å². The summed E-state index contributed by atoms with van der Waals surface area (Å²) >= 11 is 13.9. The number of hydrogen-bond acceptors (Lipinski definition) is 15. The van der Waals surface area contributed by atoms with Gasteiger partial charge in [-0.3, -0.25) is 24.2 Å². The third-order valence-corrected chi connectivity index (χ3v) is 17.2. The summed E-state index contributed by atoms with van der Waals surface area (Å²) < 4.78 is 33.0. The number of oxime groups is 1. The van der Waals surface area contributed by atoms with E-state index in [4.69, 9.17) is 47.2 Å². The highest BCUT2D eigenvalue weighted by Crippen LogP contribution is 2.43. The number of fused-ring (bicyclic) bond motifs is 1. The van der Waals surface area contributed by atoms with E-state index >= 15 is 4.39 Å². The summed E-state index contributed by atoms with van der Waals surface area (Å²) in [5.41, 5.74) is 4.24. The maximum atomic E-state index is 16.0. The first-order chi connectivity index (χ1) is 39.2. The number of thiazole rings is 1. The lowest BCUT2D eigenvalue weighted by Crippen LogP contribution is -2.71. The lowest BCUT2D eigenvalue weighted by molar-refractivity contribution is -0.905. The molecule has 3 saturated heterocycles. The molecule has 3 atom stereocenters. The summed E-state index contributed by atoms with van der Waals surface area (Å²) in [7, 11) is 4.94. The Morgan fingerprint density at radius 2 is 1.54 bits per heavy atom. The van der Waals surface area contributed by atoms with Gasteiger partial charge >= 0.3 is 12.1 Å². The molecule has 4 aliphatic heterocycles. The Morgan fingerprint density at radius 3 is 2.14 bits per heavy atom. The van der Waals surface area contributed by atoms with Crippen LogP contribution >= 0.6 is 46.3 Å². The van der Waals surface area contributed by atoms with Crippen LogP contribution in [0.25, 0.3) is 0 Å². The van der Waals surface area contributed by atoms with Crippen LogP contribution in [0.3, 0.4) is 0 Å². The topological polar surface area (TPSA) is 193 Å². The third-order valence-electron chi connectivity index (χ3n) is 14.7. The number of nitrogens with one attached hydrogen (secondary N) is 3. The molecule has 3 N–H and O–H groups in total. The number of methoxy groups -OCH3 is 1. The van der Waals surface area contributed by atoms with E-state index in [0.717, 1.165) is 16.7 Å². The molecule has 0 radical (unpaired) electrons. The fourth-order valence-electron chi connectivity index (χ4n) is 10.5. The first-order valence-corrected chi connectivity index (χ1v) is 28.7. The van der Waals surface area contributed by atoms with E-state index in [0.29, 0.717) is 76.4 Å². The Hall–Kier alpha value is -7.69. The number of rotatable bonds is 20. The number of quaternary nitrogens is 1. The van der Waals surface area contributed by atoms with Gasteiger partial charge in [0.25, 0.3) is 17.7 Å². The van der Waals surface area contributed by atoms with E-state index in [-0.39, 0.29) is 36.8 Å². The molecule has 3 fully saturated rings. The summed E-state index contributed by atoms with van der Waals surface area (Å²) in [5.74, 6) is -2.05. The molecule has 0 spiro atoms. The average Bonchev–Trinajstić information content (AvgIpc) is 4.31. The number of piperazine rings is 1. The van der Waals surface area contributed by atoms with E-state index < -0.39 is 63.5 Å². The fraction of sp³-hybridized carbons (Fsp3) is 0.293. The van der Waals surface area contributed by atoms with Crippen LogP contribution in [0, 0.1) is 5.82 Å². The predicted molar refractivity (Wildman–Crippen MR) is 309 cm³/mol. The van der Waals surface area contributed by atoms with Crippen molar-refractivity contribution < 1.29 is 51.9 Å². The molecule has 420 valence electrons. The zero-order chi connectivity index (χ0) is 56.8. The second-order valence-corrected chi connectivity index (χ2v) is 22.9. The lowest BCUT2D eigenvalue weighted by atomic mass is 9.77. The number of nitrogens with zero attached hydrogens (tertiary/aromatic N) is 6. The van der Waals surface area contributed by atoms with Crippen molar-refractivity contribution in [1.82, 2.24) is 20.5 Å². The number of carbonyl (C=O) groups excluding carboxylic acids is 5. The van der Waals surface area contributed by atoms with Gasteiger partial charge in [-0.25, -0.2) is 19.0 Å². The number of hydrogen-bond donors (Lipinski definition) is 3. The molecular weight excluding hydrogens is 1120 g/mol. The number of alkyl halides is 2. The fourth-order valence-corrected chi connectivity index (χ4v) is 12.7. The van der Waals surface area contributed by atoms with Crippen LogP contribution < -0.4 is 30.5 Å². The van der Waals surface area contributed by atoms with Crippen LogP contribution in [0.2, 0.25) is 0 Å². The van der Waals surface area contributed by atoms with Gasteiger partial charge in [0.1, 0.15) is 66.3 Å². The summed E-state index contributed by atoms with van der Waals surface area (Å²) in [6.45, 7) is 2.39. The molecular formula is C58H57Cl2FN9O9S2+. The van der Waals surface area contributed by atoms with E-state index in [1.807, 2.05) is 59.5 Å². The summed E-state index contributed by atoms with van der Waals surface area (Å²) in [4.78, 5) is 81.3. The first kappa shape index (κ1) is 56.6. The highest BCUT2D eigenvalue weighted by atomic mass is 35.5. The molecule has 10 rings (SSSR count). The quantitative estimate of drug-likeness (QED) is 0.0129. The standard InChI is InChI=1S/C58H56Cl2FN9O9S2/c1-70(27-25-67(26-28-70)46-24-21-41(29-44(46)61)68-31-43(79-57(68)75)30-62-52(72)50(59)60)32-37-34-80-54-48(53(73)69(54)49(37)55(74)78-33-36-19-22-42(76-2)23-20-36)64-51(71)47(66-77-3)45-35-81-56(63-45)65-58(38-13-7-4-8-14-38,39-15-9-5-10-16-39)40-17-11-6-12-18-40/h4-24,29,35,43,48,50,54H,25-28,30-34H2,1-3H3,(H2-,62,63,64,65,71,72)/p+1/b66-47-/t43-,48+,54?/m0/s1. The minimum Gasteiger partial charge on any atom is -0.497 e. The number of β-lactam (4-membered cyclic amide) rings is 1. The minimum atomic E-state index is -1.27. The van der Waals surface area contributed by atoms with Crippen LogP contribution in [-0.2, 0) is 45.6 Å². The number of benzene rings is 5. The van der Waals surface area contributed by atoms with Crippen molar-refractivity contribution >= 4 is 98.3 Å². The van der Waals surface area contributed by atoms with Crippen molar-refractivity contribution in [2.24, 2.45) is 5.16 Å². The number of thioether (sulfide) groups is 1. The van der Waals surface area contributed by atoms with Crippen LogP contribution in [0.5, 0.6) is 5.75 Å². The van der Waals surface area contributed by atoms with E-state index in [1.54, 1.807) is 48.9 Å². The summed E-state index contributed by atoms with van der Waals surface area (Å²) in [6.07, 6.45) is -1.37. The maximum Gasteiger partial charge on any atom is 0.414 e. The van der Waals surface area contributed by atoms with Gasteiger partial charge in [-0.15, -0.1) is 23.1 Å². The molecule has 81 heavy (non-hydrogen) atoms. The van der Waals surface area contributed by atoms with Crippen molar-refractivity contribution in [3.8, 4) is 5.75 Å². The molecule has 18 nitrogen and oxygen atoms in total. The molecule has 4 amide bonds. The molecule has 4 aliphatic rings. The molecule has 0 aliphatic carbocycles. The number of esters is 1.